The van der Waals surface area contributed by atoms with Crippen LogP contribution in [0.4, 0.5) is 5.69 Å². The van der Waals surface area contributed by atoms with E-state index in [1.54, 1.807) is 12.1 Å². The summed E-state index contributed by atoms with van der Waals surface area (Å²) in [4.78, 5) is 28.6. The number of anilines is 1. The van der Waals surface area contributed by atoms with Crippen LogP contribution in [0, 0.1) is 0 Å². The number of pyridine rings is 1. The van der Waals surface area contributed by atoms with Gasteiger partial charge in [-0.25, -0.2) is 0 Å². The molecule has 6 heteroatoms. The number of hydrogen-bond acceptors (Lipinski definition) is 3. The van der Waals surface area contributed by atoms with Gasteiger partial charge in [-0.15, -0.1) is 12.4 Å². The van der Waals surface area contributed by atoms with E-state index in [4.69, 9.17) is 0 Å². The Balaban J connectivity index is 0.00000192. The van der Waals surface area contributed by atoms with Crippen LogP contribution in [-0.4, -0.2) is 36.4 Å². The largest absolute Gasteiger partial charge is 0.325 e. The number of aromatic nitrogens is 1. The SMILES string of the molecule is CN(C)CC(=O)Nc1ccc2[nH]c(=O)c3ccccc3c2c1.Cl. The second-order valence-electron chi connectivity index (χ2n) is 5.55. The van der Waals surface area contributed by atoms with Gasteiger partial charge in [-0.1, -0.05) is 18.2 Å². The van der Waals surface area contributed by atoms with Crippen LogP contribution in [0.2, 0.25) is 0 Å². The van der Waals surface area contributed by atoms with Gasteiger partial charge in [0.25, 0.3) is 5.56 Å². The highest BCUT2D eigenvalue weighted by Crippen LogP contribution is 2.24. The third-order valence-electron chi connectivity index (χ3n) is 3.47. The van der Waals surface area contributed by atoms with E-state index >= 15 is 0 Å². The molecule has 1 heterocycles. The Hall–Kier alpha value is -2.37. The third kappa shape index (κ3) is 3.52. The van der Waals surface area contributed by atoms with Crippen LogP contribution >= 0.6 is 12.4 Å². The van der Waals surface area contributed by atoms with Crippen molar-refractivity contribution in [1.82, 2.24) is 9.88 Å². The number of rotatable bonds is 3. The standard InChI is InChI=1S/C17H17N3O2.ClH/c1-20(2)10-16(21)18-11-7-8-15-14(9-11)12-5-3-4-6-13(12)17(22)19-15;/h3-9H,10H2,1-2H3,(H,18,21)(H,19,22);1H. The number of carbonyl (C=O) groups is 1. The fourth-order valence-electron chi connectivity index (χ4n) is 2.55. The normalized spacial score (nSPS) is 10.7. The fraction of sp³-hybridized carbons (Fsp3) is 0.176. The maximum absolute atomic E-state index is 12.0. The molecule has 0 aliphatic rings. The average molecular weight is 332 g/mol. The number of hydrogen-bond donors (Lipinski definition) is 2. The van der Waals surface area contributed by atoms with E-state index in [-0.39, 0.29) is 23.9 Å². The molecule has 1 aromatic heterocycles. The molecule has 0 aliphatic heterocycles. The Morgan fingerprint density at radius 3 is 2.48 bits per heavy atom. The van der Waals surface area contributed by atoms with Gasteiger partial charge in [0.1, 0.15) is 0 Å². The van der Waals surface area contributed by atoms with Gasteiger partial charge in [0.2, 0.25) is 5.91 Å². The molecule has 0 aliphatic carbocycles. The third-order valence-corrected chi connectivity index (χ3v) is 3.47. The zero-order valence-corrected chi connectivity index (χ0v) is 13.7. The van der Waals surface area contributed by atoms with Gasteiger partial charge in [0.15, 0.2) is 0 Å². The molecule has 0 saturated heterocycles. The van der Waals surface area contributed by atoms with Crippen LogP contribution in [-0.2, 0) is 4.79 Å². The summed E-state index contributed by atoms with van der Waals surface area (Å²) in [7, 11) is 3.69. The molecule has 0 atom stereocenters. The van der Waals surface area contributed by atoms with Gasteiger partial charge < -0.3 is 15.2 Å². The lowest BCUT2D eigenvalue weighted by Crippen LogP contribution is -2.27. The predicted molar refractivity (Wildman–Crippen MR) is 96.5 cm³/mol. The van der Waals surface area contributed by atoms with Gasteiger partial charge >= 0.3 is 0 Å². The van der Waals surface area contributed by atoms with Crippen LogP contribution in [0.1, 0.15) is 0 Å². The van der Waals surface area contributed by atoms with Crippen molar-refractivity contribution in [3.8, 4) is 0 Å². The van der Waals surface area contributed by atoms with Gasteiger partial charge in [-0.2, -0.15) is 0 Å². The number of nitrogens with one attached hydrogen (secondary N) is 2. The molecule has 23 heavy (non-hydrogen) atoms. The number of halogens is 1. The van der Waals surface area contributed by atoms with Crippen molar-refractivity contribution < 1.29 is 4.79 Å². The molecule has 0 fully saturated rings. The molecule has 0 saturated carbocycles. The molecule has 1 amide bonds. The summed E-state index contributed by atoms with van der Waals surface area (Å²) in [5.41, 5.74) is 1.37. The van der Waals surface area contributed by atoms with E-state index in [0.29, 0.717) is 11.9 Å². The first-order valence-corrected chi connectivity index (χ1v) is 7.04. The Labute approximate surface area is 139 Å². The molecule has 0 bridgehead atoms. The highest BCUT2D eigenvalue weighted by atomic mass is 35.5. The number of H-pyrrole nitrogens is 1. The fourth-order valence-corrected chi connectivity index (χ4v) is 2.55. The van der Waals surface area contributed by atoms with Crippen LogP contribution in [0.15, 0.2) is 47.3 Å². The smallest absolute Gasteiger partial charge is 0.256 e. The first-order chi connectivity index (χ1) is 10.5. The first kappa shape index (κ1) is 17.0. The summed E-state index contributed by atoms with van der Waals surface area (Å²) < 4.78 is 0. The maximum Gasteiger partial charge on any atom is 0.256 e. The Bertz CT molecular complexity index is 918. The minimum absolute atomic E-state index is 0. The zero-order valence-electron chi connectivity index (χ0n) is 12.9. The lowest BCUT2D eigenvalue weighted by molar-refractivity contribution is -0.116. The molecular weight excluding hydrogens is 314 g/mol. The highest BCUT2D eigenvalue weighted by Gasteiger charge is 2.07. The van der Waals surface area contributed by atoms with E-state index in [9.17, 15) is 9.59 Å². The van der Waals surface area contributed by atoms with E-state index in [2.05, 4.69) is 10.3 Å². The molecular formula is C17H18ClN3O2. The van der Waals surface area contributed by atoms with Crippen molar-refractivity contribution in [2.75, 3.05) is 26.0 Å². The lowest BCUT2D eigenvalue weighted by atomic mass is 10.1. The number of likely N-dealkylation sites (N-methyl/N-ethyl adjacent to an activating group) is 1. The molecule has 0 radical (unpaired) electrons. The van der Waals surface area contributed by atoms with Gasteiger partial charge in [-0.05, 0) is 43.7 Å². The lowest BCUT2D eigenvalue weighted by Gasteiger charge is -2.11. The zero-order chi connectivity index (χ0) is 15.7. The Morgan fingerprint density at radius 1 is 1.09 bits per heavy atom. The minimum Gasteiger partial charge on any atom is -0.325 e. The number of nitrogens with zero attached hydrogens (tertiary/aromatic N) is 1. The van der Waals surface area contributed by atoms with Crippen molar-refractivity contribution in [2.45, 2.75) is 0 Å². The van der Waals surface area contributed by atoms with E-state index in [1.165, 1.54) is 0 Å². The predicted octanol–water partition coefficient (Wildman–Crippen LogP) is 2.60. The monoisotopic (exact) mass is 331 g/mol. The molecule has 0 unspecified atom stereocenters. The molecule has 2 N–H and O–H groups in total. The van der Waals surface area contributed by atoms with Crippen molar-refractivity contribution in [3.63, 3.8) is 0 Å². The summed E-state index contributed by atoms with van der Waals surface area (Å²) in [5, 5.41) is 5.31. The first-order valence-electron chi connectivity index (χ1n) is 7.04. The van der Waals surface area contributed by atoms with Crippen LogP contribution in [0.25, 0.3) is 21.7 Å². The van der Waals surface area contributed by atoms with Crippen molar-refractivity contribution in [2.24, 2.45) is 0 Å². The van der Waals surface area contributed by atoms with Crippen LogP contribution < -0.4 is 10.9 Å². The van der Waals surface area contributed by atoms with Gasteiger partial charge in [0, 0.05) is 22.0 Å². The van der Waals surface area contributed by atoms with Crippen molar-refractivity contribution in [3.05, 3.63) is 52.8 Å². The Morgan fingerprint density at radius 2 is 1.78 bits per heavy atom. The minimum atomic E-state index is -0.104. The van der Waals surface area contributed by atoms with Crippen molar-refractivity contribution >= 4 is 45.7 Å². The van der Waals surface area contributed by atoms with E-state index < -0.39 is 0 Å². The van der Waals surface area contributed by atoms with Crippen LogP contribution in [0.3, 0.4) is 0 Å². The summed E-state index contributed by atoms with van der Waals surface area (Å²) in [5.74, 6) is -0.0712. The molecule has 3 rings (SSSR count). The summed E-state index contributed by atoms with van der Waals surface area (Å²) in [6, 6.07) is 12.9. The van der Waals surface area contributed by atoms with E-state index in [1.807, 2.05) is 49.3 Å². The number of amides is 1. The molecule has 5 nitrogen and oxygen atoms in total. The Kier molecular flexibility index (Phi) is 5.03. The van der Waals surface area contributed by atoms with Gasteiger partial charge in [0.05, 0.1) is 6.54 Å². The molecule has 3 aromatic rings. The number of carbonyl (C=O) groups excluding carboxylic acids is 1. The number of benzene rings is 2. The molecule has 2 aromatic carbocycles. The second kappa shape index (κ2) is 6.81. The number of aromatic amines is 1. The molecule has 0 spiro atoms. The summed E-state index contributed by atoms with van der Waals surface area (Å²) in [6.45, 7) is 0.324. The average Bonchev–Trinajstić information content (AvgIpc) is 2.47. The van der Waals surface area contributed by atoms with E-state index in [0.717, 1.165) is 22.0 Å². The van der Waals surface area contributed by atoms with Crippen molar-refractivity contribution in [1.29, 1.82) is 0 Å². The second-order valence-corrected chi connectivity index (χ2v) is 5.55. The summed E-state index contributed by atoms with van der Waals surface area (Å²) in [6.07, 6.45) is 0. The van der Waals surface area contributed by atoms with Gasteiger partial charge in [-0.3, -0.25) is 9.59 Å². The maximum atomic E-state index is 12.0. The summed E-state index contributed by atoms with van der Waals surface area (Å²) >= 11 is 0. The number of fused-ring (bicyclic) bond motifs is 3. The highest BCUT2D eigenvalue weighted by molar-refractivity contribution is 6.07. The van der Waals surface area contributed by atoms with Crippen LogP contribution in [0.5, 0.6) is 0 Å². The molecule has 120 valence electrons. The topological polar surface area (TPSA) is 65.2 Å². The quantitative estimate of drug-likeness (QED) is 0.725.